The van der Waals surface area contributed by atoms with Crippen molar-refractivity contribution in [2.45, 2.75) is 13.3 Å². The minimum atomic E-state index is -0.611. The number of rotatable bonds is 4. The monoisotopic (exact) mass is 265 g/mol. The van der Waals surface area contributed by atoms with Gasteiger partial charge < -0.3 is 5.32 Å². The smallest absolute Gasteiger partial charge is 0.272 e. The molecule has 0 bridgehead atoms. The number of carbonyl (C=O) groups is 1. The first kappa shape index (κ1) is 12.6. The van der Waals surface area contributed by atoms with Gasteiger partial charge in [0.1, 0.15) is 0 Å². The Bertz CT molecular complexity index is 556. The Hall–Kier alpha value is -1.82. The first-order valence-corrected chi connectivity index (χ1v) is 6.34. The molecule has 0 spiro atoms. The maximum atomic E-state index is 13.3. The Labute approximate surface area is 108 Å². The van der Waals surface area contributed by atoms with Crippen LogP contribution in [0.15, 0.2) is 23.7 Å². The maximum absolute atomic E-state index is 13.3. The second-order valence-electron chi connectivity index (χ2n) is 3.72. The molecule has 4 nitrogen and oxygen atoms in total. The highest BCUT2D eigenvalue weighted by atomic mass is 32.1. The molecule has 0 radical (unpaired) electrons. The van der Waals surface area contributed by atoms with Crippen LogP contribution in [0.25, 0.3) is 0 Å². The van der Waals surface area contributed by atoms with E-state index in [1.165, 1.54) is 18.3 Å². The van der Waals surface area contributed by atoms with Crippen LogP contribution in [0.3, 0.4) is 0 Å². The van der Waals surface area contributed by atoms with E-state index in [9.17, 15) is 9.18 Å². The molecule has 1 N–H and O–H groups in total. The standard InChI is InChI=1S/C12H12FN3OS/c1-8-7-18-10(16-8)4-6-15-12(17)11-9(13)3-2-5-14-11/h2-3,5,7H,4,6H2,1H3,(H,15,17). The van der Waals surface area contributed by atoms with Crippen molar-refractivity contribution in [2.75, 3.05) is 6.54 Å². The third-order valence-electron chi connectivity index (χ3n) is 2.26. The fourth-order valence-corrected chi connectivity index (χ4v) is 2.21. The van der Waals surface area contributed by atoms with Crippen LogP contribution in [-0.4, -0.2) is 22.4 Å². The van der Waals surface area contributed by atoms with Gasteiger partial charge in [0.2, 0.25) is 0 Å². The van der Waals surface area contributed by atoms with Gasteiger partial charge in [-0.1, -0.05) is 0 Å². The largest absolute Gasteiger partial charge is 0.350 e. The molecule has 0 unspecified atom stereocenters. The van der Waals surface area contributed by atoms with Gasteiger partial charge in [0.05, 0.1) is 5.01 Å². The Morgan fingerprint density at radius 2 is 2.39 bits per heavy atom. The van der Waals surface area contributed by atoms with Gasteiger partial charge in [-0.25, -0.2) is 14.4 Å². The Morgan fingerprint density at radius 3 is 3.06 bits per heavy atom. The van der Waals surface area contributed by atoms with E-state index in [4.69, 9.17) is 0 Å². The molecule has 0 atom stereocenters. The summed E-state index contributed by atoms with van der Waals surface area (Å²) >= 11 is 1.55. The van der Waals surface area contributed by atoms with Gasteiger partial charge in [-0.15, -0.1) is 11.3 Å². The van der Waals surface area contributed by atoms with Crippen molar-refractivity contribution in [1.82, 2.24) is 15.3 Å². The lowest BCUT2D eigenvalue weighted by Gasteiger charge is -2.03. The van der Waals surface area contributed by atoms with Crippen LogP contribution in [0.1, 0.15) is 21.2 Å². The van der Waals surface area contributed by atoms with Crippen LogP contribution in [0, 0.1) is 12.7 Å². The summed E-state index contributed by atoms with van der Waals surface area (Å²) in [7, 11) is 0. The number of amides is 1. The molecule has 94 valence electrons. The molecule has 2 heterocycles. The number of halogens is 1. The van der Waals surface area contributed by atoms with Crippen LogP contribution in [0.2, 0.25) is 0 Å². The summed E-state index contributed by atoms with van der Waals surface area (Å²) < 4.78 is 13.3. The summed E-state index contributed by atoms with van der Waals surface area (Å²) in [6.45, 7) is 2.34. The van der Waals surface area contributed by atoms with Gasteiger partial charge in [0, 0.05) is 30.2 Å². The number of thiazole rings is 1. The van der Waals surface area contributed by atoms with E-state index in [0.29, 0.717) is 13.0 Å². The molecule has 0 aliphatic heterocycles. The summed E-state index contributed by atoms with van der Waals surface area (Å²) in [5.74, 6) is -1.11. The fraction of sp³-hybridized carbons (Fsp3) is 0.250. The number of nitrogens with one attached hydrogen (secondary N) is 1. The SMILES string of the molecule is Cc1csc(CCNC(=O)c2ncccc2F)n1. The molecular formula is C12H12FN3OS. The summed E-state index contributed by atoms with van der Waals surface area (Å²) in [5, 5.41) is 5.53. The van der Waals surface area contributed by atoms with Gasteiger partial charge in [-0.2, -0.15) is 0 Å². The number of nitrogens with zero attached hydrogens (tertiary/aromatic N) is 2. The molecule has 0 saturated carbocycles. The summed E-state index contributed by atoms with van der Waals surface area (Å²) in [6, 6.07) is 2.66. The molecule has 6 heteroatoms. The Kier molecular flexibility index (Phi) is 3.99. The summed E-state index contributed by atoms with van der Waals surface area (Å²) in [4.78, 5) is 19.6. The van der Waals surface area contributed by atoms with E-state index >= 15 is 0 Å². The average Bonchev–Trinajstić information content (AvgIpc) is 2.75. The number of hydrogen-bond donors (Lipinski definition) is 1. The van der Waals surface area contributed by atoms with Crippen LogP contribution in [-0.2, 0) is 6.42 Å². The molecule has 2 aromatic heterocycles. The first-order valence-electron chi connectivity index (χ1n) is 5.46. The molecular weight excluding hydrogens is 253 g/mol. The number of aryl methyl sites for hydroxylation is 1. The van der Waals surface area contributed by atoms with Crippen molar-refractivity contribution >= 4 is 17.2 Å². The Balaban J connectivity index is 1.87. The van der Waals surface area contributed by atoms with Crippen molar-refractivity contribution in [3.05, 3.63) is 45.9 Å². The van der Waals surface area contributed by atoms with Crippen molar-refractivity contribution in [2.24, 2.45) is 0 Å². The van der Waals surface area contributed by atoms with E-state index in [0.717, 1.165) is 10.7 Å². The van der Waals surface area contributed by atoms with E-state index in [2.05, 4.69) is 15.3 Å². The van der Waals surface area contributed by atoms with Crippen molar-refractivity contribution in [3.63, 3.8) is 0 Å². The zero-order valence-corrected chi connectivity index (χ0v) is 10.6. The molecule has 2 rings (SSSR count). The second-order valence-corrected chi connectivity index (χ2v) is 4.67. The van der Waals surface area contributed by atoms with Crippen LogP contribution in [0.5, 0.6) is 0 Å². The van der Waals surface area contributed by atoms with Gasteiger partial charge in [0.25, 0.3) is 5.91 Å². The fourth-order valence-electron chi connectivity index (χ4n) is 1.44. The van der Waals surface area contributed by atoms with E-state index < -0.39 is 11.7 Å². The van der Waals surface area contributed by atoms with Gasteiger partial charge in [-0.3, -0.25) is 4.79 Å². The zero-order chi connectivity index (χ0) is 13.0. The second kappa shape index (κ2) is 5.68. The van der Waals surface area contributed by atoms with Crippen molar-refractivity contribution in [1.29, 1.82) is 0 Å². The van der Waals surface area contributed by atoms with E-state index in [-0.39, 0.29) is 5.69 Å². The maximum Gasteiger partial charge on any atom is 0.272 e. The number of pyridine rings is 1. The molecule has 0 aromatic carbocycles. The number of carbonyl (C=O) groups excluding carboxylic acids is 1. The summed E-state index contributed by atoms with van der Waals surface area (Å²) in [5.41, 5.74) is 0.796. The molecule has 18 heavy (non-hydrogen) atoms. The number of aromatic nitrogens is 2. The molecule has 0 saturated heterocycles. The topological polar surface area (TPSA) is 54.9 Å². The lowest BCUT2D eigenvalue weighted by molar-refractivity contribution is 0.0944. The predicted molar refractivity (Wildman–Crippen MR) is 67.1 cm³/mol. The molecule has 0 aliphatic rings. The quantitative estimate of drug-likeness (QED) is 0.919. The third-order valence-corrected chi connectivity index (χ3v) is 3.29. The lowest BCUT2D eigenvalue weighted by Crippen LogP contribution is -2.27. The molecule has 1 amide bonds. The van der Waals surface area contributed by atoms with Crippen molar-refractivity contribution < 1.29 is 9.18 Å². The van der Waals surface area contributed by atoms with E-state index in [1.807, 2.05) is 12.3 Å². The molecule has 2 aromatic rings. The number of hydrogen-bond acceptors (Lipinski definition) is 4. The minimum absolute atomic E-state index is 0.173. The predicted octanol–water partition coefficient (Wildman–Crippen LogP) is 1.96. The van der Waals surface area contributed by atoms with Crippen LogP contribution >= 0.6 is 11.3 Å². The van der Waals surface area contributed by atoms with E-state index in [1.54, 1.807) is 11.3 Å². The van der Waals surface area contributed by atoms with Crippen LogP contribution in [0.4, 0.5) is 4.39 Å². The minimum Gasteiger partial charge on any atom is -0.350 e. The summed E-state index contributed by atoms with van der Waals surface area (Å²) in [6.07, 6.45) is 2.03. The van der Waals surface area contributed by atoms with Crippen LogP contribution < -0.4 is 5.32 Å². The van der Waals surface area contributed by atoms with Gasteiger partial charge in [-0.05, 0) is 19.1 Å². The van der Waals surface area contributed by atoms with Gasteiger partial charge >= 0.3 is 0 Å². The highest BCUT2D eigenvalue weighted by Gasteiger charge is 2.11. The normalized spacial score (nSPS) is 10.3. The highest BCUT2D eigenvalue weighted by Crippen LogP contribution is 2.08. The lowest BCUT2D eigenvalue weighted by atomic mass is 10.3. The molecule has 0 aliphatic carbocycles. The Morgan fingerprint density at radius 1 is 1.56 bits per heavy atom. The zero-order valence-electron chi connectivity index (χ0n) is 9.81. The van der Waals surface area contributed by atoms with Crippen molar-refractivity contribution in [3.8, 4) is 0 Å². The molecule has 0 fully saturated rings. The first-order chi connectivity index (χ1) is 8.66. The van der Waals surface area contributed by atoms with Gasteiger partial charge in [0.15, 0.2) is 11.5 Å². The highest BCUT2D eigenvalue weighted by molar-refractivity contribution is 7.09. The average molecular weight is 265 g/mol. The third kappa shape index (κ3) is 3.10.